The summed E-state index contributed by atoms with van der Waals surface area (Å²) < 4.78 is 5.72. The molecule has 1 aliphatic rings. The van der Waals surface area contributed by atoms with Crippen molar-refractivity contribution in [3.8, 4) is 5.75 Å². The van der Waals surface area contributed by atoms with Gasteiger partial charge in [0.15, 0.2) is 5.38 Å². The van der Waals surface area contributed by atoms with E-state index in [2.05, 4.69) is 10.3 Å². The maximum absolute atomic E-state index is 12.8. The molecule has 0 radical (unpaired) electrons. The average Bonchev–Trinajstić information content (AvgIpc) is 2.96. The fourth-order valence-electron chi connectivity index (χ4n) is 3.24. The summed E-state index contributed by atoms with van der Waals surface area (Å²) in [4.78, 5) is 30.7. The number of benzene rings is 1. The van der Waals surface area contributed by atoms with Gasteiger partial charge in [-0.1, -0.05) is 0 Å². The zero-order chi connectivity index (χ0) is 19.3. The number of nitrogens with zero attached hydrogens (tertiary/aromatic N) is 2. The molecule has 0 spiro atoms. The second kappa shape index (κ2) is 6.24. The van der Waals surface area contributed by atoms with Crippen molar-refractivity contribution >= 4 is 49.1 Å². The van der Waals surface area contributed by atoms with Crippen LogP contribution in [0.1, 0.15) is 19.4 Å². The van der Waals surface area contributed by atoms with E-state index < -0.39 is 15.8 Å². The number of pyridine rings is 1. The molecule has 0 saturated heterocycles. The highest BCUT2D eigenvalue weighted by Gasteiger charge is 2.36. The van der Waals surface area contributed by atoms with Crippen molar-refractivity contribution in [3.05, 3.63) is 41.4 Å². The zero-order valence-electron chi connectivity index (χ0n) is 15.0. The summed E-state index contributed by atoms with van der Waals surface area (Å²) in [5.74, 6) is 0.733. The number of carbonyl (C=O) groups is 2. The van der Waals surface area contributed by atoms with E-state index >= 15 is 0 Å². The third-order valence-corrected chi connectivity index (χ3v) is 5.84. The zero-order valence-corrected chi connectivity index (χ0v) is 15.8. The highest BCUT2D eigenvalue weighted by atomic mass is 32.2. The van der Waals surface area contributed by atoms with E-state index in [9.17, 15) is 14.7 Å². The standard InChI is InChI=1S/C19H17N3O4S/c1-10(2)26-12-4-5-14(11(3)8-12)22-15-6-7-20-17-16(15)13(21-18(22)23)9-27(17)19(24)25/h4-10H,1-3H3,(H-,21,23,24,25)/p+1. The smallest absolute Gasteiger partial charge is 0.491 e. The second-order valence-electron chi connectivity index (χ2n) is 6.53. The largest absolute Gasteiger partial charge is 0.554 e. The number of nitrogens with one attached hydrogen (secondary N) is 1. The molecule has 138 valence electrons. The van der Waals surface area contributed by atoms with E-state index in [4.69, 9.17) is 4.74 Å². The molecule has 2 N–H and O–H groups in total. The predicted molar refractivity (Wildman–Crippen MR) is 106 cm³/mol. The summed E-state index contributed by atoms with van der Waals surface area (Å²) in [7, 11) is -1.17. The third-order valence-electron chi connectivity index (χ3n) is 4.26. The average molecular weight is 384 g/mol. The summed E-state index contributed by atoms with van der Waals surface area (Å²) in [5.41, 5.74) is 2.72. The maximum Gasteiger partial charge on any atom is 0.554 e. The molecule has 27 heavy (non-hydrogen) atoms. The van der Waals surface area contributed by atoms with Crippen molar-refractivity contribution < 1.29 is 19.4 Å². The number of aromatic nitrogens is 1. The van der Waals surface area contributed by atoms with Gasteiger partial charge in [-0.25, -0.2) is 9.78 Å². The Morgan fingerprint density at radius 1 is 1.30 bits per heavy atom. The van der Waals surface area contributed by atoms with Gasteiger partial charge in [-0.3, -0.25) is 4.90 Å². The molecule has 1 unspecified atom stereocenters. The van der Waals surface area contributed by atoms with E-state index in [1.165, 1.54) is 0 Å². The first-order chi connectivity index (χ1) is 12.9. The molecule has 1 atom stereocenters. The Morgan fingerprint density at radius 3 is 2.74 bits per heavy atom. The van der Waals surface area contributed by atoms with Crippen molar-refractivity contribution in [3.63, 3.8) is 0 Å². The fraction of sp³-hybridized carbons (Fsp3) is 0.211. The Kier molecular flexibility index (Phi) is 4.00. The van der Waals surface area contributed by atoms with Crippen molar-refractivity contribution in [2.24, 2.45) is 0 Å². The van der Waals surface area contributed by atoms with Crippen LogP contribution >= 0.6 is 10.5 Å². The molecular formula is C19H18N3O4S+. The molecule has 3 heterocycles. The molecule has 0 bridgehead atoms. The van der Waals surface area contributed by atoms with Crippen LogP contribution in [0.15, 0.2) is 35.8 Å². The minimum absolute atomic E-state index is 0.0543. The van der Waals surface area contributed by atoms with Crippen LogP contribution in [0.4, 0.5) is 26.7 Å². The van der Waals surface area contributed by atoms with Gasteiger partial charge >= 0.3 is 11.3 Å². The molecule has 4 rings (SSSR count). The number of thiophene rings is 1. The van der Waals surface area contributed by atoms with Crippen LogP contribution in [0.2, 0.25) is 0 Å². The second-order valence-corrected chi connectivity index (χ2v) is 8.17. The molecule has 7 nitrogen and oxygen atoms in total. The van der Waals surface area contributed by atoms with Crippen molar-refractivity contribution in [1.82, 2.24) is 4.98 Å². The first kappa shape index (κ1) is 17.3. The molecule has 2 amide bonds. The lowest BCUT2D eigenvalue weighted by atomic mass is 10.1. The normalized spacial score (nSPS) is 13.9. The van der Waals surface area contributed by atoms with Gasteiger partial charge in [-0.05, 0) is 50.6 Å². The van der Waals surface area contributed by atoms with Gasteiger partial charge in [0, 0.05) is 6.20 Å². The first-order valence-corrected chi connectivity index (χ1v) is 9.71. The predicted octanol–water partition coefficient (Wildman–Crippen LogP) is 5.29. The van der Waals surface area contributed by atoms with E-state index in [0.717, 1.165) is 11.3 Å². The van der Waals surface area contributed by atoms with Crippen molar-refractivity contribution in [2.75, 3.05) is 10.2 Å². The highest BCUT2D eigenvalue weighted by molar-refractivity contribution is 7.54. The quantitative estimate of drug-likeness (QED) is 0.596. The molecule has 1 aromatic carbocycles. The number of ether oxygens (including phenoxy) is 1. The summed E-state index contributed by atoms with van der Waals surface area (Å²) in [6.45, 7) is 5.81. The Labute approximate surface area is 158 Å². The van der Waals surface area contributed by atoms with Gasteiger partial charge < -0.3 is 15.2 Å². The highest BCUT2D eigenvalue weighted by Crippen LogP contribution is 2.47. The Bertz CT molecular complexity index is 1090. The fourth-order valence-corrected chi connectivity index (χ4v) is 4.64. The first-order valence-electron chi connectivity index (χ1n) is 8.42. The lowest BCUT2D eigenvalue weighted by Crippen LogP contribution is -2.34. The summed E-state index contributed by atoms with van der Waals surface area (Å²) in [6, 6.07) is 6.95. The number of carbonyl (C=O) groups excluding carboxylic acids is 1. The number of anilines is 3. The lowest BCUT2D eigenvalue weighted by molar-refractivity contribution is 0.221. The third kappa shape index (κ3) is 2.78. The Balaban J connectivity index is 1.87. The van der Waals surface area contributed by atoms with Crippen LogP contribution in [0.3, 0.4) is 0 Å². The van der Waals surface area contributed by atoms with Gasteiger partial charge in [0.2, 0.25) is 0 Å². The number of hydrogen-bond acceptors (Lipinski definition) is 4. The number of carboxylic acid groups (broad SMARTS) is 1. The van der Waals surface area contributed by atoms with E-state index in [1.807, 2.05) is 39.0 Å². The van der Waals surface area contributed by atoms with Gasteiger partial charge in [-0.2, -0.15) is 4.79 Å². The number of urea groups is 1. The van der Waals surface area contributed by atoms with Crippen molar-refractivity contribution in [2.45, 2.75) is 26.9 Å². The summed E-state index contributed by atoms with van der Waals surface area (Å²) >= 11 is 0. The van der Waals surface area contributed by atoms with E-state index in [-0.39, 0.29) is 12.1 Å². The van der Waals surface area contributed by atoms with Crippen LogP contribution in [0.25, 0.3) is 10.2 Å². The van der Waals surface area contributed by atoms with Gasteiger partial charge in [-0.15, -0.1) is 0 Å². The molecule has 0 fully saturated rings. The van der Waals surface area contributed by atoms with Crippen LogP contribution in [-0.4, -0.2) is 27.5 Å². The number of hydrogen-bond donors (Lipinski definition) is 2. The minimum Gasteiger partial charge on any atom is -0.491 e. The SMILES string of the molecule is Cc1cc(OC(C)C)ccc1N1C(=O)Nc2c[s+](C(=O)O)c3nccc1c23. The topological polar surface area (TPSA) is 91.8 Å². The van der Waals surface area contributed by atoms with Crippen LogP contribution < -0.4 is 15.0 Å². The van der Waals surface area contributed by atoms with E-state index in [0.29, 0.717) is 27.3 Å². The summed E-state index contributed by atoms with van der Waals surface area (Å²) in [6.07, 6.45) is 1.60. The number of aryl methyl sites for hydroxylation is 1. The lowest BCUT2D eigenvalue weighted by Gasteiger charge is -2.28. The molecule has 0 saturated carbocycles. The summed E-state index contributed by atoms with van der Waals surface area (Å²) in [5, 5.41) is 13.5. The molecule has 8 heteroatoms. The van der Waals surface area contributed by atoms with Crippen LogP contribution in [-0.2, 0) is 0 Å². The number of amides is 2. The van der Waals surface area contributed by atoms with E-state index in [1.54, 1.807) is 22.5 Å². The van der Waals surface area contributed by atoms with Crippen LogP contribution in [0.5, 0.6) is 5.75 Å². The Hall–Kier alpha value is -3.13. The molecule has 0 aliphatic carbocycles. The van der Waals surface area contributed by atoms with Gasteiger partial charge in [0.05, 0.1) is 17.5 Å². The molecule has 2 aromatic heterocycles. The molecule has 1 aliphatic heterocycles. The van der Waals surface area contributed by atoms with Gasteiger partial charge in [0.1, 0.15) is 27.3 Å². The minimum atomic E-state index is -1.17. The molecule has 3 aromatic rings. The monoisotopic (exact) mass is 384 g/mol. The maximum atomic E-state index is 12.8. The van der Waals surface area contributed by atoms with Gasteiger partial charge in [0.25, 0.3) is 4.83 Å². The van der Waals surface area contributed by atoms with Crippen molar-refractivity contribution in [1.29, 1.82) is 0 Å². The Morgan fingerprint density at radius 2 is 2.07 bits per heavy atom. The van der Waals surface area contributed by atoms with Crippen LogP contribution in [0, 0.1) is 6.92 Å². The number of rotatable bonds is 4. The molecular weight excluding hydrogens is 366 g/mol.